The van der Waals surface area contributed by atoms with Crippen LogP contribution < -0.4 is 0 Å². The maximum absolute atomic E-state index is 10.6. The van der Waals surface area contributed by atoms with Crippen LogP contribution in [-0.4, -0.2) is 25.5 Å². The van der Waals surface area contributed by atoms with Gasteiger partial charge in [0.15, 0.2) is 6.10 Å². The van der Waals surface area contributed by atoms with Crippen LogP contribution in [0.4, 0.5) is 4.79 Å². The first kappa shape index (κ1) is 9.98. The summed E-state index contributed by atoms with van der Waals surface area (Å²) < 4.78 is 14.8. The average Bonchev–Trinajstić information content (AvgIpc) is 2.66. The molecule has 0 unspecified atom stereocenters. The number of ether oxygens (including phenoxy) is 3. The van der Waals surface area contributed by atoms with E-state index in [2.05, 4.69) is 4.74 Å². The Morgan fingerprint density at radius 1 is 1.33 bits per heavy atom. The van der Waals surface area contributed by atoms with Crippen molar-refractivity contribution in [2.24, 2.45) is 0 Å². The lowest BCUT2D eigenvalue weighted by molar-refractivity contribution is 0.0381. The van der Waals surface area contributed by atoms with E-state index in [1.54, 1.807) is 0 Å². The van der Waals surface area contributed by atoms with Crippen molar-refractivity contribution in [3.05, 3.63) is 35.9 Å². The van der Waals surface area contributed by atoms with Crippen molar-refractivity contribution in [2.75, 3.05) is 13.2 Å². The lowest BCUT2D eigenvalue weighted by atomic mass is 10.2. The monoisotopic (exact) mass is 208 g/mol. The van der Waals surface area contributed by atoms with Crippen LogP contribution in [0.15, 0.2) is 30.3 Å². The molecule has 0 bridgehead atoms. The molecule has 0 N–H and O–H groups in total. The van der Waals surface area contributed by atoms with E-state index < -0.39 is 6.16 Å². The summed E-state index contributed by atoms with van der Waals surface area (Å²) in [5.74, 6) is 0. The minimum atomic E-state index is -0.608. The van der Waals surface area contributed by atoms with Crippen molar-refractivity contribution in [3.8, 4) is 0 Å². The van der Waals surface area contributed by atoms with Gasteiger partial charge in [0.05, 0.1) is 13.2 Å². The van der Waals surface area contributed by atoms with E-state index in [0.717, 1.165) is 5.56 Å². The summed E-state index contributed by atoms with van der Waals surface area (Å²) in [5.41, 5.74) is 1.10. The van der Waals surface area contributed by atoms with Crippen molar-refractivity contribution in [1.82, 2.24) is 0 Å². The van der Waals surface area contributed by atoms with Crippen LogP contribution in [0, 0.1) is 0 Å². The minimum absolute atomic E-state index is 0.263. The normalized spacial score (nSPS) is 19.7. The molecule has 2 rings (SSSR count). The molecule has 0 amide bonds. The molecule has 1 fully saturated rings. The molecule has 0 aromatic heterocycles. The van der Waals surface area contributed by atoms with E-state index in [0.29, 0.717) is 13.2 Å². The summed E-state index contributed by atoms with van der Waals surface area (Å²) in [7, 11) is 0. The van der Waals surface area contributed by atoms with Crippen LogP contribution in [0.2, 0.25) is 0 Å². The number of cyclic esters (lactones) is 2. The average molecular weight is 208 g/mol. The molecule has 4 heteroatoms. The van der Waals surface area contributed by atoms with Crippen molar-refractivity contribution in [2.45, 2.75) is 12.7 Å². The zero-order valence-corrected chi connectivity index (χ0v) is 8.22. The Balaban J connectivity index is 1.69. The number of hydrogen-bond acceptors (Lipinski definition) is 4. The van der Waals surface area contributed by atoms with Crippen molar-refractivity contribution in [3.63, 3.8) is 0 Å². The van der Waals surface area contributed by atoms with Crippen molar-refractivity contribution in [1.29, 1.82) is 0 Å². The topological polar surface area (TPSA) is 44.8 Å². The molecule has 1 aliphatic heterocycles. The fraction of sp³-hybridized carbons (Fsp3) is 0.364. The van der Waals surface area contributed by atoms with Gasteiger partial charge in [0, 0.05) is 0 Å². The van der Waals surface area contributed by atoms with Gasteiger partial charge in [-0.3, -0.25) is 0 Å². The van der Waals surface area contributed by atoms with Crippen LogP contribution in [0.1, 0.15) is 5.56 Å². The predicted molar refractivity (Wildman–Crippen MR) is 52.3 cm³/mol. The summed E-state index contributed by atoms with van der Waals surface area (Å²) in [6, 6.07) is 9.83. The van der Waals surface area contributed by atoms with Crippen molar-refractivity contribution < 1.29 is 19.0 Å². The third-order valence-electron chi connectivity index (χ3n) is 2.07. The lowest BCUT2D eigenvalue weighted by Crippen LogP contribution is -2.17. The maximum Gasteiger partial charge on any atom is 0.508 e. The summed E-state index contributed by atoms with van der Waals surface area (Å²) >= 11 is 0. The molecule has 4 nitrogen and oxygen atoms in total. The number of carbonyl (C=O) groups is 1. The van der Waals surface area contributed by atoms with E-state index in [4.69, 9.17) is 9.47 Å². The molecule has 1 heterocycles. The number of rotatable bonds is 4. The minimum Gasteiger partial charge on any atom is -0.430 e. The maximum atomic E-state index is 10.6. The number of hydrogen-bond donors (Lipinski definition) is 0. The van der Waals surface area contributed by atoms with Gasteiger partial charge in [0.1, 0.15) is 6.61 Å². The number of benzene rings is 1. The van der Waals surface area contributed by atoms with E-state index in [1.807, 2.05) is 30.3 Å². The Morgan fingerprint density at radius 2 is 2.13 bits per heavy atom. The van der Waals surface area contributed by atoms with E-state index in [-0.39, 0.29) is 12.7 Å². The van der Waals surface area contributed by atoms with Gasteiger partial charge in [-0.25, -0.2) is 4.79 Å². The summed E-state index contributed by atoms with van der Waals surface area (Å²) in [6.07, 6.45) is -0.871. The molecule has 1 saturated heterocycles. The summed E-state index contributed by atoms with van der Waals surface area (Å²) in [6.45, 7) is 1.18. The quantitative estimate of drug-likeness (QED) is 0.707. The Labute approximate surface area is 87.8 Å². The van der Waals surface area contributed by atoms with E-state index >= 15 is 0 Å². The zero-order valence-electron chi connectivity index (χ0n) is 8.22. The van der Waals surface area contributed by atoms with Crippen LogP contribution in [0.3, 0.4) is 0 Å². The van der Waals surface area contributed by atoms with Gasteiger partial charge in [0.25, 0.3) is 0 Å². The second-order valence-corrected chi connectivity index (χ2v) is 3.30. The Bertz CT molecular complexity index is 323. The standard InChI is InChI=1S/C11H12O4/c12-11-14-8-10(15-11)7-13-6-9-4-2-1-3-5-9/h1-5,10H,6-8H2/t10-/m1/s1. The third-order valence-corrected chi connectivity index (χ3v) is 2.07. The van der Waals surface area contributed by atoms with Crippen LogP contribution in [-0.2, 0) is 20.8 Å². The van der Waals surface area contributed by atoms with Gasteiger partial charge in [-0.15, -0.1) is 0 Å². The highest BCUT2D eigenvalue weighted by atomic mass is 16.8. The Kier molecular flexibility index (Phi) is 3.19. The SMILES string of the molecule is O=C1OC[C@@H](COCc2ccccc2)O1. The molecule has 0 saturated carbocycles. The predicted octanol–water partition coefficient (Wildman–Crippen LogP) is 1.74. The number of carbonyl (C=O) groups excluding carboxylic acids is 1. The van der Waals surface area contributed by atoms with Crippen molar-refractivity contribution >= 4 is 6.16 Å². The van der Waals surface area contributed by atoms with Gasteiger partial charge < -0.3 is 14.2 Å². The molecule has 0 aliphatic carbocycles. The van der Waals surface area contributed by atoms with Crippen LogP contribution >= 0.6 is 0 Å². The second kappa shape index (κ2) is 4.79. The Hall–Kier alpha value is -1.55. The first-order valence-corrected chi connectivity index (χ1v) is 4.79. The third kappa shape index (κ3) is 2.95. The first-order valence-electron chi connectivity index (χ1n) is 4.79. The summed E-state index contributed by atoms with van der Waals surface area (Å²) in [4.78, 5) is 10.6. The van der Waals surface area contributed by atoms with Gasteiger partial charge in [-0.2, -0.15) is 0 Å². The fourth-order valence-electron chi connectivity index (χ4n) is 1.33. The molecule has 80 valence electrons. The smallest absolute Gasteiger partial charge is 0.430 e. The molecule has 1 aromatic carbocycles. The highest BCUT2D eigenvalue weighted by Gasteiger charge is 2.24. The zero-order chi connectivity index (χ0) is 10.5. The van der Waals surface area contributed by atoms with Crippen LogP contribution in [0.25, 0.3) is 0 Å². The fourth-order valence-corrected chi connectivity index (χ4v) is 1.33. The van der Waals surface area contributed by atoms with E-state index in [9.17, 15) is 4.79 Å². The first-order chi connectivity index (χ1) is 7.34. The largest absolute Gasteiger partial charge is 0.508 e. The highest BCUT2D eigenvalue weighted by molar-refractivity contribution is 5.61. The second-order valence-electron chi connectivity index (χ2n) is 3.30. The van der Waals surface area contributed by atoms with Gasteiger partial charge in [-0.1, -0.05) is 30.3 Å². The molecular weight excluding hydrogens is 196 g/mol. The van der Waals surface area contributed by atoms with E-state index in [1.165, 1.54) is 0 Å². The van der Waals surface area contributed by atoms with Crippen LogP contribution in [0.5, 0.6) is 0 Å². The molecular formula is C11H12O4. The molecule has 1 aliphatic rings. The molecule has 1 aromatic rings. The molecule has 0 spiro atoms. The molecule has 1 atom stereocenters. The van der Waals surface area contributed by atoms with Gasteiger partial charge >= 0.3 is 6.16 Å². The highest BCUT2D eigenvalue weighted by Crippen LogP contribution is 2.08. The summed E-state index contributed by atoms with van der Waals surface area (Å²) in [5, 5.41) is 0. The Morgan fingerprint density at radius 3 is 2.80 bits per heavy atom. The molecule has 15 heavy (non-hydrogen) atoms. The molecule has 0 radical (unpaired) electrons. The lowest BCUT2D eigenvalue weighted by Gasteiger charge is -2.07. The van der Waals surface area contributed by atoms with Gasteiger partial charge in [-0.05, 0) is 5.56 Å². The van der Waals surface area contributed by atoms with Gasteiger partial charge in [0.2, 0.25) is 0 Å².